The number of carbonyl (C=O) groups excluding carboxylic acids is 2. The van der Waals surface area contributed by atoms with Gasteiger partial charge in [-0.15, -0.1) is 0 Å². The summed E-state index contributed by atoms with van der Waals surface area (Å²) in [5, 5.41) is 7.10. The standard InChI is InChI=1S/C27H32ClN3O3/c1-4-34-27(33)24-7-5-6-14-30(24)17-26(32)31-25(20-10-12-21(28)13-11-20)16-23(29-31)22-15-18(2)8-9-19(22)3/h8-13,15,24-25H,4-7,14,16-17H2,1-3H3/t24-,25+/m1/s1. The Morgan fingerprint density at radius 2 is 1.88 bits per heavy atom. The Bertz CT molecular complexity index is 1080. The van der Waals surface area contributed by atoms with Gasteiger partial charge < -0.3 is 4.74 Å². The van der Waals surface area contributed by atoms with Gasteiger partial charge in [-0.25, -0.2) is 5.01 Å². The summed E-state index contributed by atoms with van der Waals surface area (Å²) in [5.74, 6) is -0.360. The lowest BCUT2D eigenvalue weighted by Crippen LogP contribution is -2.49. The second kappa shape index (κ2) is 10.7. The van der Waals surface area contributed by atoms with E-state index in [-0.39, 0.29) is 30.5 Å². The minimum atomic E-state index is -0.378. The number of rotatable bonds is 6. The van der Waals surface area contributed by atoms with Crippen LogP contribution in [0.15, 0.2) is 47.6 Å². The van der Waals surface area contributed by atoms with Crippen LogP contribution in [0.1, 0.15) is 60.9 Å². The summed E-state index contributed by atoms with van der Waals surface area (Å²) in [6.45, 7) is 7.10. The van der Waals surface area contributed by atoms with Crippen LogP contribution < -0.4 is 0 Å². The summed E-state index contributed by atoms with van der Waals surface area (Å²) < 4.78 is 5.27. The fraction of sp³-hybridized carbons (Fsp3) is 0.444. The molecule has 180 valence electrons. The van der Waals surface area contributed by atoms with Gasteiger partial charge in [-0.1, -0.05) is 47.9 Å². The molecule has 0 aromatic heterocycles. The van der Waals surface area contributed by atoms with E-state index in [1.807, 2.05) is 29.2 Å². The van der Waals surface area contributed by atoms with Gasteiger partial charge >= 0.3 is 5.97 Å². The minimum Gasteiger partial charge on any atom is -0.465 e. The highest BCUT2D eigenvalue weighted by Gasteiger charge is 2.37. The number of hydrogen-bond donors (Lipinski definition) is 0. The zero-order chi connectivity index (χ0) is 24.2. The third-order valence-corrected chi connectivity index (χ3v) is 6.89. The second-order valence-corrected chi connectivity index (χ2v) is 9.55. The third-order valence-electron chi connectivity index (χ3n) is 6.64. The molecule has 0 N–H and O–H groups in total. The molecule has 0 spiro atoms. The Morgan fingerprint density at radius 1 is 1.12 bits per heavy atom. The number of aryl methyl sites for hydroxylation is 2. The summed E-state index contributed by atoms with van der Waals surface area (Å²) in [6.07, 6.45) is 3.25. The van der Waals surface area contributed by atoms with E-state index in [4.69, 9.17) is 21.4 Å². The number of esters is 1. The van der Waals surface area contributed by atoms with Gasteiger partial charge in [0.05, 0.1) is 24.9 Å². The van der Waals surface area contributed by atoms with Gasteiger partial charge in [0.25, 0.3) is 5.91 Å². The molecule has 0 aliphatic carbocycles. The number of ether oxygens (including phenoxy) is 1. The molecular formula is C27H32ClN3O3. The van der Waals surface area contributed by atoms with Crippen LogP contribution in [0.25, 0.3) is 0 Å². The van der Waals surface area contributed by atoms with Crippen molar-refractivity contribution in [3.8, 4) is 0 Å². The van der Waals surface area contributed by atoms with Crippen LogP contribution in [-0.2, 0) is 14.3 Å². The number of benzene rings is 2. The summed E-state index contributed by atoms with van der Waals surface area (Å²) in [4.78, 5) is 28.1. The van der Waals surface area contributed by atoms with Gasteiger partial charge in [0.15, 0.2) is 0 Å². The summed E-state index contributed by atoms with van der Waals surface area (Å²) in [5.41, 5.74) is 5.24. The van der Waals surface area contributed by atoms with Crippen LogP contribution in [0.5, 0.6) is 0 Å². The van der Waals surface area contributed by atoms with Gasteiger partial charge in [-0.2, -0.15) is 5.10 Å². The van der Waals surface area contributed by atoms with E-state index in [1.165, 1.54) is 0 Å². The molecule has 0 bridgehead atoms. The first-order valence-electron chi connectivity index (χ1n) is 12.0. The number of hydrogen-bond acceptors (Lipinski definition) is 5. The molecule has 4 rings (SSSR count). The minimum absolute atomic E-state index is 0.114. The Balaban J connectivity index is 1.62. The molecule has 2 aromatic rings. The highest BCUT2D eigenvalue weighted by atomic mass is 35.5. The maximum absolute atomic E-state index is 13.6. The van der Waals surface area contributed by atoms with Gasteiger partial charge in [-0.05, 0) is 69.5 Å². The number of carbonyl (C=O) groups is 2. The SMILES string of the molecule is CCOC(=O)[C@H]1CCCCN1CC(=O)N1N=C(c2cc(C)ccc2C)C[C@H]1c1ccc(Cl)cc1. The molecule has 2 heterocycles. The zero-order valence-electron chi connectivity index (χ0n) is 20.1. The predicted octanol–water partition coefficient (Wildman–Crippen LogP) is 5.05. The Hall–Kier alpha value is -2.70. The van der Waals surface area contributed by atoms with Crippen LogP contribution in [0.3, 0.4) is 0 Å². The molecular weight excluding hydrogens is 450 g/mol. The molecule has 1 amide bonds. The average Bonchev–Trinajstić information content (AvgIpc) is 3.27. The molecule has 6 nitrogen and oxygen atoms in total. The van der Waals surface area contributed by atoms with Crippen LogP contribution in [0.2, 0.25) is 5.02 Å². The predicted molar refractivity (Wildman–Crippen MR) is 134 cm³/mol. The monoisotopic (exact) mass is 481 g/mol. The van der Waals surface area contributed by atoms with E-state index in [0.717, 1.165) is 40.8 Å². The highest BCUT2D eigenvalue weighted by molar-refractivity contribution is 6.30. The molecule has 2 aliphatic rings. The van der Waals surface area contributed by atoms with Crippen molar-refractivity contribution < 1.29 is 14.3 Å². The molecule has 2 aliphatic heterocycles. The van der Waals surface area contributed by atoms with Crippen molar-refractivity contribution in [1.82, 2.24) is 9.91 Å². The van der Waals surface area contributed by atoms with Crippen LogP contribution in [0.4, 0.5) is 0 Å². The molecule has 7 heteroatoms. The molecule has 34 heavy (non-hydrogen) atoms. The second-order valence-electron chi connectivity index (χ2n) is 9.11. The number of likely N-dealkylation sites (tertiary alicyclic amines) is 1. The van der Waals surface area contributed by atoms with Crippen molar-refractivity contribution in [2.45, 2.75) is 58.5 Å². The average molecular weight is 482 g/mol. The first-order chi connectivity index (χ1) is 16.4. The first-order valence-corrected chi connectivity index (χ1v) is 12.4. The fourth-order valence-electron chi connectivity index (χ4n) is 4.83. The van der Waals surface area contributed by atoms with Crippen molar-refractivity contribution in [1.29, 1.82) is 0 Å². The van der Waals surface area contributed by atoms with Crippen molar-refractivity contribution in [3.05, 3.63) is 69.7 Å². The van der Waals surface area contributed by atoms with Crippen LogP contribution in [0, 0.1) is 13.8 Å². The van der Waals surface area contributed by atoms with Gasteiger partial charge in [0.2, 0.25) is 0 Å². The molecule has 0 radical (unpaired) electrons. The number of hydrazone groups is 1. The van der Waals surface area contributed by atoms with Crippen molar-refractivity contribution >= 4 is 29.2 Å². The topological polar surface area (TPSA) is 62.2 Å². The molecule has 2 aromatic carbocycles. The lowest BCUT2D eigenvalue weighted by atomic mass is 9.95. The van der Waals surface area contributed by atoms with E-state index in [2.05, 4.69) is 32.0 Å². The van der Waals surface area contributed by atoms with Crippen molar-refractivity contribution in [3.63, 3.8) is 0 Å². The Kier molecular flexibility index (Phi) is 7.69. The van der Waals surface area contributed by atoms with Gasteiger partial charge in [0, 0.05) is 17.0 Å². The highest BCUT2D eigenvalue weighted by Crippen LogP contribution is 2.34. The lowest BCUT2D eigenvalue weighted by molar-refractivity contribution is -0.152. The smallest absolute Gasteiger partial charge is 0.323 e. The maximum atomic E-state index is 13.6. The van der Waals surface area contributed by atoms with Crippen molar-refractivity contribution in [2.24, 2.45) is 5.10 Å². The molecule has 0 unspecified atom stereocenters. The van der Waals surface area contributed by atoms with Crippen LogP contribution in [-0.4, -0.2) is 53.2 Å². The Morgan fingerprint density at radius 3 is 2.62 bits per heavy atom. The van der Waals surface area contributed by atoms with E-state index < -0.39 is 0 Å². The number of halogens is 1. The molecule has 1 saturated heterocycles. The number of nitrogens with zero attached hydrogens (tertiary/aromatic N) is 3. The fourth-order valence-corrected chi connectivity index (χ4v) is 4.95. The normalized spacial score (nSPS) is 20.8. The maximum Gasteiger partial charge on any atom is 0.323 e. The van der Waals surface area contributed by atoms with Gasteiger partial charge in [0.1, 0.15) is 6.04 Å². The van der Waals surface area contributed by atoms with Gasteiger partial charge in [-0.3, -0.25) is 14.5 Å². The van der Waals surface area contributed by atoms with E-state index in [0.29, 0.717) is 31.0 Å². The van der Waals surface area contributed by atoms with Crippen molar-refractivity contribution in [2.75, 3.05) is 19.7 Å². The number of piperidine rings is 1. The van der Waals surface area contributed by atoms with Crippen LogP contribution >= 0.6 is 11.6 Å². The summed E-state index contributed by atoms with van der Waals surface area (Å²) >= 11 is 6.12. The third kappa shape index (κ3) is 5.34. The molecule has 2 atom stereocenters. The van der Waals surface area contributed by atoms with E-state index in [1.54, 1.807) is 11.9 Å². The quantitative estimate of drug-likeness (QED) is 0.541. The zero-order valence-corrected chi connectivity index (χ0v) is 20.8. The largest absolute Gasteiger partial charge is 0.465 e. The first kappa shape index (κ1) is 24.4. The number of amides is 1. The van der Waals surface area contributed by atoms with E-state index in [9.17, 15) is 9.59 Å². The lowest BCUT2D eigenvalue weighted by Gasteiger charge is -2.34. The molecule has 0 saturated carbocycles. The summed E-state index contributed by atoms with van der Waals surface area (Å²) in [7, 11) is 0. The Labute approximate surface area is 206 Å². The molecule has 1 fully saturated rings. The van der Waals surface area contributed by atoms with E-state index >= 15 is 0 Å². The summed E-state index contributed by atoms with van der Waals surface area (Å²) in [6, 6.07) is 13.3.